The number of hydrogen-bond acceptors (Lipinski definition) is 6. The third-order valence-corrected chi connectivity index (χ3v) is 1.95. The van der Waals surface area contributed by atoms with Crippen molar-refractivity contribution >= 4 is 0 Å². The Morgan fingerprint density at radius 3 is 2.25 bits per heavy atom. The molecule has 0 aromatic heterocycles. The molecular formula is C6H13NO5. The van der Waals surface area contributed by atoms with Crippen molar-refractivity contribution in [1.29, 1.82) is 0 Å². The van der Waals surface area contributed by atoms with Gasteiger partial charge in [0.2, 0.25) is 0 Å². The predicted molar refractivity (Wildman–Crippen MR) is 38.0 cm³/mol. The Balaban J connectivity index is 2.63. The summed E-state index contributed by atoms with van der Waals surface area (Å²) in [6, 6.07) is -1.04. The first-order valence-corrected chi connectivity index (χ1v) is 3.64. The third-order valence-electron chi connectivity index (χ3n) is 1.95. The van der Waals surface area contributed by atoms with Crippen LogP contribution in [0.4, 0.5) is 0 Å². The van der Waals surface area contributed by atoms with Crippen molar-refractivity contribution in [3.63, 3.8) is 0 Å². The summed E-state index contributed by atoms with van der Waals surface area (Å²) >= 11 is 0. The smallest absolute Gasteiger partial charge is 0.173 e. The van der Waals surface area contributed by atoms with Gasteiger partial charge in [0, 0.05) is 0 Å². The summed E-state index contributed by atoms with van der Waals surface area (Å²) in [5.74, 6) is 0. The van der Waals surface area contributed by atoms with E-state index in [-0.39, 0.29) is 0 Å². The van der Waals surface area contributed by atoms with Crippen LogP contribution in [0.25, 0.3) is 0 Å². The Bertz CT molecular complexity index is 150. The molecule has 0 radical (unpaired) electrons. The summed E-state index contributed by atoms with van der Waals surface area (Å²) in [5.41, 5.74) is 5.26. The molecule has 0 saturated carbocycles. The number of rotatable bonds is 1. The molecule has 0 aromatic carbocycles. The maximum absolute atomic E-state index is 9.20. The van der Waals surface area contributed by atoms with Crippen molar-refractivity contribution < 1.29 is 25.2 Å². The van der Waals surface area contributed by atoms with Gasteiger partial charge in [-0.1, -0.05) is 0 Å². The van der Waals surface area contributed by atoms with Crippen LogP contribution in [0.2, 0.25) is 0 Å². The van der Waals surface area contributed by atoms with E-state index in [9.17, 15) is 10.2 Å². The van der Waals surface area contributed by atoms with Gasteiger partial charge < -0.3 is 30.9 Å². The summed E-state index contributed by atoms with van der Waals surface area (Å²) < 4.78 is 4.70. The SMILES string of the molecule is N[C@H]1[C@H](O)[C@@H](O)[C@H](CO)O[C@H]1O. The first-order chi connectivity index (χ1) is 5.57. The van der Waals surface area contributed by atoms with Crippen molar-refractivity contribution in [1.82, 2.24) is 0 Å². The summed E-state index contributed by atoms with van der Waals surface area (Å²) in [6.45, 7) is -0.470. The molecule has 0 bridgehead atoms. The first kappa shape index (κ1) is 9.85. The molecule has 0 amide bonds. The lowest BCUT2D eigenvalue weighted by Gasteiger charge is -2.38. The molecule has 5 atom stereocenters. The Morgan fingerprint density at radius 2 is 1.75 bits per heavy atom. The average molecular weight is 179 g/mol. The standard InChI is InChI=1S/C6H13NO5/c7-3-5(10)4(9)2(1-8)12-6(3)11/h2-6,8-11H,1,7H2/t2-,3-,4-,5-,6+/m0/s1. The largest absolute Gasteiger partial charge is 0.394 e. The molecule has 1 aliphatic heterocycles. The van der Waals surface area contributed by atoms with Crippen LogP contribution in [0.3, 0.4) is 0 Å². The molecule has 0 unspecified atom stereocenters. The molecule has 72 valence electrons. The fourth-order valence-electron chi connectivity index (χ4n) is 1.12. The maximum Gasteiger partial charge on any atom is 0.173 e. The molecular weight excluding hydrogens is 166 g/mol. The topological polar surface area (TPSA) is 116 Å². The van der Waals surface area contributed by atoms with Crippen LogP contribution in [0.1, 0.15) is 0 Å². The molecule has 0 spiro atoms. The van der Waals surface area contributed by atoms with E-state index in [1.165, 1.54) is 0 Å². The van der Waals surface area contributed by atoms with Gasteiger partial charge >= 0.3 is 0 Å². The molecule has 1 fully saturated rings. The summed E-state index contributed by atoms with van der Waals surface area (Å²) in [7, 11) is 0. The minimum atomic E-state index is -1.35. The van der Waals surface area contributed by atoms with E-state index in [2.05, 4.69) is 0 Å². The number of hydrogen-bond donors (Lipinski definition) is 5. The molecule has 12 heavy (non-hydrogen) atoms. The van der Waals surface area contributed by atoms with E-state index in [0.29, 0.717) is 0 Å². The summed E-state index contributed by atoms with van der Waals surface area (Å²) in [6.07, 6.45) is -4.85. The minimum Gasteiger partial charge on any atom is -0.394 e. The van der Waals surface area contributed by atoms with E-state index in [4.69, 9.17) is 20.7 Å². The monoisotopic (exact) mass is 179 g/mol. The lowest BCUT2D eigenvalue weighted by atomic mass is 9.98. The second-order valence-corrected chi connectivity index (χ2v) is 2.81. The van der Waals surface area contributed by atoms with Gasteiger partial charge in [0.05, 0.1) is 12.6 Å². The zero-order valence-corrected chi connectivity index (χ0v) is 6.37. The second-order valence-electron chi connectivity index (χ2n) is 2.81. The highest BCUT2D eigenvalue weighted by atomic mass is 16.6. The highest BCUT2D eigenvalue weighted by molar-refractivity contribution is 4.90. The molecule has 1 aliphatic rings. The molecule has 1 rings (SSSR count). The van der Waals surface area contributed by atoms with E-state index in [1.807, 2.05) is 0 Å². The normalized spacial score (nSPS) is 49.2. The van der Waals surface area contributed by atoms with Gasteiger partial charge in [-0.15, -0.1) is 0 Å². The van der Waals surface area contributed by atoms with Crippen LogP contribution in [0, 0.1) is 0 Å². The van der Waals surface area contributed by atoms with Crippen LogP contribution in [-0.4, -0.2) is 57.7 Å². The Morgan fingerprint density at radius 1 is 1.17 bits per heavy atom. The van der Waals surface area contributed by atoms with Gasteiger partial charge in [-0.2, -0.15) is 0 Å². The highest BCUT2D eigenvalue weighted by Crippen LogP contribution is 2.17. The summed E-state index contributed by atoms with van der Waals surface area (Å²) in [4.78, 5) is 0. The van der Waals surface area contributed by atoms with Gasteiger partial charge in [0.15, 0.2) is 6.29 Å². The lowest BCUT2D eigenvalue weighted by Crippen LogP contribution is -2.61. The van der Waals surface area contributed by atoms with Crippen LogP contribution in [0.5, 0.6) is 0 Å². The highest BCUT2D eigenvalue weighted by Gasteiger charge is 2.41. The third kappa shape index (κ3) is 1.58. The zero-order valence-electron chi connectivity index (χ0n) is 6.37. The van der Waals surface area contributed by atoms with Gasteiger partial charge in [-0.25, -0.2) is 0 Å². The lowest BCUT2D eigenvalue weighted by molar-refractivity contribution is -0.248. The number of nitrogens with two attached hydrogens (primary N) is 1. The Hall–Kier alpha value is -0.240. The number of aliphatic hydroxyl groups excluding tert-OH is 4. The first-order valence-electron chi connectivity index (χ1n) is 3.64. The van der Waals surface area contributed by atoms with Crippen LogP contribution < -0.4 is 5.73 Å². The molecule has 1 heterocycles. The molecule has 1 saturated heterocycles. The van der Waals surface area contributed by atoms with E-state index in [1.54, 1.807) is 0 Å². The number of aliphatic hydroxyl groups is 4. The van der Waals surface area contributed by atoms with Crippen LogP contribution in [-0.2, 0) is 4.74 Å². The molecule has 0 aliphatic carbocycles. The fourth-order valence-corrected chi connectivity index (χ4v) is 1.12. The van der Waals surface area contributed by atoms with Crippen molar-refractivity contribution in [3.05, 3.63) is 0 Å². The van der Waals surface area contributed by atoms with E-state index >= 15 is 0 Å². The zero-order chi connectivity index (χ0) is 9.30. The minimum absolute atomic E-state index is 0.470. The predicted octanol–water partition coefficient (Wildman–Crippen LogP) is -3.26. The molecule has 6 nitrogen and oxygen atoms in total. The van der Waals surface area contributed by atoms with Gasteiger partial charge in [0.25, 0.3) is 0 Å². The van der Waals surface area contributed by atoms with Crippen LogP contribution in [0.15, 0.2) is 0 Å². The average Bonchev–Trinajstić information content (AvgIpc) is 2.08. The fraction of sp³-hybridized carbons (Fsp3) is 1.00. The molecule has 6 N–H and O–H groups in total. The Labute approximate surface area is 69.2 Å². The molecule has 6 heteroatoms. The van der Waals surface area contributed by atoms with Gasteiger partial charge in [0.1, 0.15) is 18.3 Å². The van der Waals surface area contributed by atoms with Crippen LogP contribution >= 0.6 is 0 Å². The van der Waals surface area contributed by atoms with Crippen molar-refractivity contribution in [3.8, 4) is 0 Å². The van der Waals surface area contributed by atoms with E-state index < -0.39 is 37.3 Å². The van der Waals surface area contributed by atoms with Crippen molar-refractivity contribution in [2.75, 3.05) is 6.61 Å². The Kier molecular flexibility index (Phi) is 2.99. The van der Waals surface area contributed by atoms with Crippen molar-refractivity contribution in [2.24, 2.45) is 5.73 Å². The number of ether oxygens (including phenoxy) is 1. The van der Waals surface area contributed by atoms with Crippen molar-refractivity contribution in [2.45, 2.75) is 30.6 Å². The maximum atomic E-state index is 9.20. The van der Waals surface area contributed by atoms with Gasteiger partial charge in [-0.3, -0.25) is 0 Å². The quantitative estimate of drug-likeness (QED) is 0.288. The summed E-state index contributed by atoms with van der Waals surface area (Å²) in [5, 5.41) is 36.1. The van der Waals surface area contributed by atoms with E-state index in [0.717, 1.165) is 0 Å². The second kappa shape index (κ2) is 3.65. The molecule has 0 aromatic rings. The van der Waals surface area contributed by atoms with Gasteiger partial charge in [-0.05, 0) is 0 Å².